The molecule has 2 saturated heterocycles. The Morgan fingerprint density at radius 1 is 0.718 bits per heavy atom. The summed E-state index contributed by atoms with van der Waals surface area (Å²) >= 11 is 0. The van der Waals surface area contributed by atoms with E-state index in [4.69, 9.17) is 42.6 Å². The lowest BCUT2D eigenvalue weighted by molar-refractivity contribution is -0.320. The molecule has 0 aromatic heterocycles. The van der Waals surface area contributed by atoms with Gasteiger partial charge in [0, 0.05) is 26.4 Å². The molecule has 0 aromatic carbocycles. The number of ether oxygens (including phenoxy) is 9. The van der Waals surface area contributed by atoms with E-state index in [0.29, 0.717) is 33.0 Å². The maximum Gasteiger partial charge on any atom is 0.509 e. The third-order valence-corrected chi connectivity index (χ3v) is 7.02. The zero-order chi connectivity index (χ0) is 27.9. The summed E-state index contributed by atoms with van der Waals surface area (Å²) in [6, 6.07) is 0. The Morgan fingerprint density at radius 3 is 1.97 bits per heavy atom. The van der Waals surface area contributed by atoms with Crippen LogP contribution in [0.3, 0.4) is 0 Å². The maximum absolute atomic E-state index is 12.2. The molecule has 0 bridgehead atoms. The fourth-order valence-corrected chi connectivity index (χ4v) is 4.67. The zero-order valence-corrected chi connectivity index (χ0v) is 24.3. The van der Waals surface area contributed by atoms with Gasteiger partial charge in [0.05, 0.1) is 19.5 Å². The van der Waals surface area contributed by atoms with E-state index in [-0.39, 0.29) is 12.7 Å². The first-order valence-corrected chi connectivity index (χ1v) is 15.0. The van der Waals surface area contributed by atoms with Crippen molar-refractivity contribution in [2.75, 3.05) is 39.6 Å². The van der Waals surface area contributed by atoms with Gasteiger partial charge in [-0.3, -0.25) is 0 Å². The summed E-state index contributed by atoms with van der Waals surface area (Å²) in [4.78, 5) is 12.2. The summed E-state index contributed by atoms with van der Waals surface area (Å²) in [7, 11) is 0. The smallest absolute Gasteiger partial charge is 0.493 e. The molecule has 8 atom stereocenters. The van der Waals surface area contributed by atoms with E-state index in [9.17, 15) is 4.79 Å². The molecule has 4 unspecified atom stereocenters. The number of carbonyl (C=O) groups is 1. The summed E-state index contributed by atoms with van der Waals surface area (Å²) in [5.41, 5.74) is 0. The van der Waals surface area contributed by atoms with Crippen molar-refractivity contribution in [3.05, 3.63) is 12.3 Å². The fraction of sp³-hybridized carbons (Fsp3) is 0.897. The quantitative estimate of drug-likeness (QED) is 0.151. The highest BCUT2D eigenvalue weighted by molar-refractivity contribution is 5.63. The van der Waals surface area contributed by atoms with Crippen LogP contribution in [0.5, 0.6) is 0 Å². The summed E-state index contributed by atoms with van der Waals surface area (Å²) in [6.07, 6.45) is 5.85. The van der Waals surface area contributed by atoms with Gasteiger partial charge in [-0.15, -0.1) is 0 Å². The number of hydrogen-bond acceptors (Lipinski definition) is 10. The second-order valence-electron chi connectivity index (χ2n) is 10.3. The summed E-state index contributed by atoms with van der Waals surface area (Å²) in [5, 5.41) is 0. The SMILES string of the molecule is CCCCOCC1OC(O[C@@H]2C(COCCCC)OC=C[C@H]2OCCCC)[C@@H](OCCCC)[C@@H]2OC(=O)OC12. The molecule has 2 fully saturated rings. The van der Waals surface area contributed by atoms with Gasteiger partial charge in [-0.1, -0.05) is 53.4 Å². The third-order valence-electron chi connectivity index (χ3n) is 7.02. The van der Waals surface area contributed by atoms with Gasteiger partial charge >= 0.3 is 6.16 Å². The van der Waals surface area contributed by atoms with E-state index < -0.39 is 49.1 Å². The maximum atomic E-state index is 12.2. The second-order valence-corrected chi connectivity index (χ2v) is 10.3. The van der Waals surface area contributed by atoms with Crippen LogP contribution < -0.4 is 0 Å². The normalized spacial score (nSPS) is 31.9. The van der Waals surface area contributed by atoms with Crippen molar-refractivity contribution in [1.82, 2.24) is 0 Å². The topological polar surface area (TPSA) is 100 Å². The van der Waals surface area contributed by atoms with Gasteiger partial charge in [0.1, 0.15) is 24.4 Å². The van der Waals surface area contributed by atoms with Crippen LogP contribution in [0.4, 0.5) is 4.79 Å². The Labute approximate surface area is 233 Å². The molecule has 0 radical (unpaired) electrons. The van der Waals surface area contributed by atoms with E-state index in [1.54, 1.807) is 6.26 Å². The van der Waals surface area contributed by atoms with Crippen LogP contribution in [-0.2, 0) is 42.6 Å². The van der Waals surface area contributed by atoms with Crippen LogP contribution >= 0.6 is 0 Å². The van der Waals surface area contributed by atoms with Crippen LogP contribution in [0.25, 0.3) is 0 Å². The van der Waals surface area contributed by atoms with Crippen LogP contribution in [0.2, 0.25) is 0 Å². The van der Waals surface area contributed by atoms with Crippen LogP contribution in [-0.4, -0.2) is 94.8 Å². The second kappa shape index (κ2) is 18.1. The minimum absolute atomic E-state index is 0.250. The van der Waals surface area contributed by atoms with Gasteiger partial charge in [-0.2, -0.15) is 0 Å². The highest BCUT2D eigenvalue weighted by Crippen LogP contribution is 2.35. The van der Waals surface area contributed by atoms with Crippen molar-refractivity contribution in [2.24, 2.45) is 0 Å². The van der Waals surface area contributed by atoms with Gasteiger partial charge in [0.25, 0.3) is 0 Å². The lowest BCUT2D eigenvalue weighted by atomic mass is 9.98. The first-order chi connectivity index (χ1) is 19.1. The molecule has 3 aliphatic heterocycles. The molecule has 0 spiro atoms. The Morgan fingerprint density at radius 2 is 1.31 bits per heavy atom. The number of unbranched alkanes of at least 4 members (excludes halogenated alkanes) is 4. The Bertz CT molecular complexity index is 704. The molecule has 10 heteroatoms. The monoisotopic (exact) mass is 558 g/mol. The van der Waals surface area contributed by atoms with Crippen molar-refractivity contribution >= 4 is 6.16 Å². The Balaban J connectivity index is 1.79. The molecule has 3 rings (SSSR count). The van der Waals surface area contributed by atoms with Crippen molar-refractivity contribution in [3.63, 3.8) is 0 Å². The van der Waals surface area contributed by atoms with Gasteiger partial charge in [0.2, 0.25) is 0 Å². The molecular formula is C29H50O10. The predicted octanol–water partition coefficient (Wildman–Crippen LogP) is 4.92. The first kappa shape index (κ1) is 32.1. The Hall–Kier alpha value is -1.43. The van der Waals surface area contributed by atoms with Gasteiger partial charge in [0.15, 0.2) is 24.6 Å². The minimum atomic E-state index is -0.854. The van der Waals surface area contributed by atoms with E-state index >= 15 is 0 Å². The van der Waals surface area contributed by atoms with E-state index in [1.807, 2.05) is 6.08 Å². The van der Waals surface area contributed by atoms with Crippen molar-refractivity contribution in [3.8, 4) is 0 Å². The molecular weight excluding hydrogens is 508 g/mol. The van der Waals surface area contributed by atoms with E-state index in [0.717, 1.165) is 51.4 Å². The fourth-order valence-electron chi connectivity index (χ4n) is 4.67. The summed E-state index contributed by atoms with van der Waals surface area (Å²) < 4.78 is 54.4. The lowest BCUT2D eigenvalue weighted by Crippen LogP contribution is -2.61. The number of fused-ring (bicyclic) bond motifs is 1. The van der Waals surface area contributed by atoms with Gasteiger partial charge in [-0.25, -0.2) is 4.79 Å². The van der Waals surface area contributed by atoms with Crippen LogP contribution in [0.1, 0.15) is 79.1 Å². The average Bonchev–Trinajstić information content (AvgIpc) is 3.33. The summed E-state index contributed by atoms with van der Waals surface area (Å²) in [6.45, 7) is 11.4. The molecule has 0 N–H and O–H groups in total. The number of carbonyl (C=O) groups excluding carboxylic acids is 1. The van der Waals surface area contributed by atoms with Gasteiger partial charge in [-0.05, 0) is 31.8 Å². The predicted molar refractivity (Wildman–Crippen MR) is 143 cm³/mol. The molecule has 0 saturated carbocycles. The highest BCUT2D eigenvalue weighted by Gasteiger charge is 2.56. The van der Waals surface area contributed by atoms with E-state index in [1.165, 1.54) is 0 Å². The van der Waals surface area contributed by atoms with Gasteiger partial charge < -0.3 is 42.6 Å². The summed E-state index contributed by atoms with van der Waals surface area (Å²) in [5.74, 6) is 0. The van der Waals surface area contributed by atoms with Crippen molar-refractivity contribution in [2.45, 2.75) is 128 Å². The van der Waals surface area contributed by atoms with Crippen LogP contribution in [0, 0.1) is 0 Å². The number of hydrogen-bond donors (Lipinski definition) is 0. The van der Waals surface area contributed by atoms with Crippen LogP contribution in [0.15, 0.2) is 12.3 Å². The van der Waals surface area contributed by atoms with Crippen molar-refractivity contribution < 1.29 is 47.4 Å². The Kier molecular flexibility index (Phi) is 14.9. The average molecular weight is 559 g/mol. The molecule has 226 valence electrons. The van der Waals surface area contributed by atoms with Crippen molar-refractivity contribution in [1.29, 1.82) is 0 Å². The lowest BCUT2D eigenvalue weighted by Gasteiger charge is -2.44. The molecule has 39 heavy (non-hydrogen) atoms. The highest BCUT2D eigenvalue weighted by atomic mass is 16.8. The van der Waals surface area contributed by atoms with E-state index in [2.05, 4.69) is 27.7 Å². The molecule has 3 heterocycles. The largest absolute Gasteiger partial charge is 0.509 e. The molecule has 10 nitrogen and oxygen atoms in total. The molecule has 0 aromatic rings. The standard InChI is InChI=1S/C29H50O10/c1-5-9-14-31-19-22-24(21(13-18-34-22)33-16-11-7-3)37-28-27(35-17-12-8-4)26-25(38-29(30)39-26)23(36-28)20-32-15-10-6-2/h13,18,21-28H,5-12,14-17,19-20H2,1-4H3/t21-,22?,23?,24+,25?,26-,27+,28?/m1/s1. The minimum Gasteiger partial charge on any atom is -0.493 e. The molecule has 0 aliphatic carbocycles. The zero-order valence-electron chi connectivity index (χ0n) is 24.3. The third kappa shape index (κ3) is 9.86. The number of rotatable bonds is 20. The molecule has 3 aliphatic rings. The first-order valence-electron chi connectivity index (χ1n) is 15.0. The molecule has 0 amide bonds.